The summed E-state index contributed by atoms with van der Waals surface area (Å²) in [6.45, 7) is 0.129. The number of carbonyl (C=O) groups is 2. The van der Waals surface area contributed by atoms with Crippen LogP contribution in [0.15, 0.2) is 101 Å². The van der Waals surface area contributed by atoms with Gasteiger partial charge in [-0.3, -0.25) is 9.69 Å². The Bertz CT molecular complexity index is 1860. The first-order valence-electron chi connectivity index (χ1n) is 12.3. The molecule has 10 heteroatoms. The van der Waals surface area contributed by atoms with Crippen molar-refractivity contribution in [3.63, 3.8) is 0 Å². The summed E-state index contributed by atoms with van der Waals surface area (Å²) >= 11 is 15.1. The number of anilines is 1. The van der Waals surface area contributed by atoms with Crippen LogP contribution in [0, 0.1) is 0 Å². The molecule has 6 aromatic rings. The third-order valence-corrected chi connectivity index (χ3v) is 8.94. The molecule has 0 aliphatic heterocycles. The van der Waals surface area contributed by atoms with E-state index in [-0.39, 0.29) is 22.2 Å². The van der Waals surface area contributed by atoms with E-state index in [2.05, 4.69) is 0 Å². The number of amides is 1. The third kappa shape index (κ3) is 5.73. The zero-order valence-electron chi connectivity index (χ0n) is 21.0. The van der Waals surface area contributed by atoms with Gasteiger partial charge in [-0.05, 0) is 54.1 Å². The lowest BCUT2D eigenvalue weighted by atomic mass is 10.1. The number of carbonyl (C=O) groups excluding carboxylic acids is 1. The minimum absolute atomic E-state index is 0.0730. The van der Waals surface area contributed by atoms with Crippen molar-refractivity contribution >= 4 is 74.6 Å². The molecule has 0 saturated heterocycles. The maximum Gasteiger partial charge on any atom is 0.512 e. The Kier molecular flexibility index (Phi) is 7.55. The molecule has 0 atom stereocenters. The molecule has 1 N–H and O–H groups in total. The molecule has 0 spiro atoms. The van der Waals surface area contributed by atoms with Crippen LogP contribution in [0.4, 0.5) is 10.5 Å². The highest BCUT2D eigenvalue weighted by molar-refractivity contribution is 7.18. The quantitative estimate of drug-likeness (QED) is 0.180. The van der Waals surface area contributed by atoms with Crippen LogP contribution in [0.3, 0.4) is 0 Å². The van der Waals surface area contributed by atoms with Gasteiger partial charge >= 0.3 is 6.16 Å². The number of rotatable bonds is 7. The minimum Gasteiger partial charge on any atom is -0.455 e. The van der Waals surface area contributed by atoms with Crippen LogP contribution < -0.4 is 9.64 Å². The van der Waals surface area contributed by atoms with Crippen LogP contribution in [-0.2, 0) is 6.54 Å². The van der Waals surface area contributed by atoms with Gasteiger partial charge in [-0.1, -0.05) is 83.1 Å². The normalized spacial score (nSPS) is 11.1. The van der Waals surface area contributed by atoms with Crippen molar-refractivity contribution in [1.82, 2.24) is 0 Å². The average Bonchev–Trinajstić information content (AvgIpc) is 3.70. The van der Waals surface area contributed by atoms with Crippen molar-refractivity contribution in [2.45, 2.75) is 6.54 Å². The zero-order chi connectivity index (χ0) is 28.5. The topological polar surface area (TPSA) is 80.0 Å². The fourth-order valence-corrected chi connectivity index (χ4v) is 6.83. The Hall–Kier alpha value is -4.08. The van der Waals surface area contributed by atoms with Crippen molar-refractivity contribution < 1.29 is 23.8 Å². The summed E-state index contributed by atoms with van der Waals surface area (Å²) in [5.41, 5.74) is 2.18. The molecule has 204 valence electrons. The van der Waals surface area contributed by atoms with Gasteiger partial charge < -0.3 is 14.3 Å². The van der Waals surface area contributed by atoms with Gasteiger partial charge in [0.15, 0.2) is 0 Å². The lowest BCUT2D eigenvalue weighted by Crippen LogP contribution is -2.30. The molecule has 0 radical (unpaired) electrons. The summed E-state index contributed by atoms with van der Waals surface area (Å²) in [5, 5.41) is 11.1. The Morgan fingerprint density at radius 1 is 0.854 bits per heavy atom. The van der Waals surface area contributed by atoms with Crippen LogP contribution in [0.5, 0.6) is 5.06 Å². The molecule has 0 aliphatic carbocycles. The lowest BCUT2D eigenvalue weighted by molar-refractivity contribution is 0.0983. The van der Waals surface area contributed by atoms with Crippen LogP contribution in [0.2, 0.25) is 10.0 Å². The van der Waals surface area contributed by atoms with Gasteiger partial charge in [0.25, 0.3) is 5.91 Å². The number of carboxylic acid groups (broad SMARTS) is 1. The highest BCUT2D eigenvalue weighted by atomic mass is 35.5. The first-order chi connectivity index (χ1) is 19.9. The fraction of sp³-hybridized carbons (Fsp3) is 0.0323. The predicted molar refractivity (Wildman–Crippen MR) is 165 cm³/mol. The highest BCUT2D eigenvalue weighted by Gasteiger charge is 2.28. The number of furan rings is 1. The molecular formula is C31H19Cl2NO5S2. The van der Waals surface area contributed by atoms with Crippen molar-refractivity contribution in [3.8, 4) is 26.1 Å². The molecule has 3 aromatic heterocycles. The second-order valence-corrected chi connectivity index (χ2v) is 12.0. The van der Waals surface area contributed by atoms with Crippen LogP contribution in [-0.4, -0.2) is 17.2 Å². The molecule has 3 heterocycles. The summed E-state index contributed by atoms with van der Waals surface area (Å²) in [6, 6.07) is 29.5. The van der Waals surface area contributed by atoms with Crippen molar-refractivity contribution in [2.24, 2.45) is 0 Å². The van der Waals surface area contributed by atoms with E-state index in [1.54, 1.807) is 18.2 Å². The number of halogens is 2. The lowest BCUT2D eigenvalue weighted by Gasteiger charge is -2.22. The fourth-order valence-electron chi connectivity index (χ4n) is 4.38. The van der Waals surface area contributed by atoms with Crippen LogP contribution >= 0.6 is 45.9 Å². The van der Waals surface area contributed by atoms with Gasteiger partial charge in [0.1, 0.15) is 11.3 Å². The summed E-state index contributed by atoms with van der Waals surface area (Å²) < 4.78 is 11.2. The molecule has 6 nitrogen and oxygen atoms in total. The maximum absolute atomic E-state index is 14.0. The van der Waals surface area contributed by atoms with Gasteiger partial charge in [-0.25, -0.2) is 4.79 Å². The van der Waals surface area contributed by atoms with E-state index in [0.29, 0.717) is 10.7 Å². The SMILES string of the molecule is O=C(O)Oc1sc(-c2ccccc2)cc1N(Cc1ccc(-c2cc3ccccc3o2)s1)C(=O)c1ccc(Cl)cc1Cl. The van der Waals surface area contributed by atoms with Gasteiger partial charge in [0.2, 0.25) is 5.06 Å². The van der Waals surface area contributed by atoms with E-state index >= 15 is 0 Å². The largest absolute Gasteiger partial charge is 0.512 e. The number of ether oxygens (including phenoxy) is 1. The highest BCUT2D eigenvalue weighted by Crippen LogP contribution is 2.45. The molecule has 0 aliphatic rings. The van der Waals surface area contributed by atoms with Gasteiger partial charge in [-0.2, -0.15) is 0 Å². The Labute approximate surface area is 252 Å². The number of hydrogen-bond donors (Lipinski definition) is 1. The summed E-state index contributed by atoms with van der Waals surface area (Å²) in [7, 11) is 0. The standard InChI is InChI=1S/C31H19Cl2NO5S2/c32-20-10-12-22(23(33)15-20)29(35)34(24-16-28(18-6-2-1-3-7-18)41-30(24)39-31(36)37)17-21-11-13-27(40-21)26-14-19-8-4-5-9-25(19)38-26/h1-16H,17H2,(H,36,37). The first-order valence-corrected chi connectivity index (χ1v) is 14.7. The smallest absolute Gasteiger partial charge is 0.455 e. The number of thiophene rings is 2. The second kappa shape index (κ2) is 11.4. The summed E-state index contributed by atoms with van der Waals surface area (Å²) in [6.07, 6.45) is -1.48. The number of hydrogen-bond acceptors (Lipinski definition) is 6. The average molecular weight is 621 g/mol. The minimum atomic E-state index is -1.48. The second-order valence-electron chi connectivity index (χ2n) is 8.95. The van der Waals surface area contributed by atoms with Crippen molar-refractivity contribution in [2.75, 3.05) is 4.90 Å². The summed E-state index contributed by atoms with van der Waals surface area (Å²) in [4.78, 5) is 29.6. The van der Waals surface area contributed by atoms with Gasteiger partial charge in [0.05, 0.1) is 27.7 Å². The van der Waals surface area contributed by atoms with E-state index in [1.807, 2.05) is 72.8 Å². The van der Waals surface area contributed by atoms with Gasteiger partial charge in [0, 0.05) is 20.2 Å². The van der Waals surface area contributed by atoms with Crippen molar-refractivity contribution in [3.05, 3.63) is 118 Å². The molecule has 1 amide bonds. The van der Waals surface area contributed by atoms with Crippen LogP contribution in [0.25, 0.3) is 32.0 Å². The molecule has 0 unspecified atom stereocenters. The zero-order valence-corrected chi connectivity index (χ0v) is 24.2. The van der Waals surface area contributed by atoms with E-state index < -0.39 is 12.1 Å². The molecule has 41 heavy (non-hydrogen) atoms. The molecule has 0 fully saturated rings. The number of nitrogens with zero attached hydrogens (tertiary/aromatic N) is 1. The van der Waals surface area contributed by atoms with Crippen molar-refractivity contribution in [1.29, 1.82) is 0 Å². The molecular weight excluding hydrogens is 601 g/mol. The number of fused-ring (bicyclic) bond motifs is 1. The monoisotopic (exact) mass is 619 g/mol. The van der Waals surface area contributed by atoms with Crippen LogP contribution in [0.1, 0.15) is 15.2 Å². The Morgan fingerprint density at radius 2 is 1.63 bits per heavy atom. The summed E-state index contributed by atoms with van der Waals surface area (Å²) in [5.74, 6) is 0.288. The maximum atomic E-state index is 14.0. The molecule has 6 rings (SSSR count). The van der Waals surface area contributed by atoms with E-state index in [1.165, 1.54) is 22.3 Å². The van der Waals surface area contributed by atoms with Gasteiger partial charge in [-0.15, -0.1) is 11.3 Å². The Morgan fingerprint density at radius 3 is 2.39 bits per heavy atom. The molecule has 0 bridgehead atoms. The third-order valence-electron chi connectivity index (χ3n) is 6.26. The van der Waals surface area contributed by atoms with E-state index in [9.17, 15) is 14.7 Å². The molecule has 3 aromatic carbocycles. The predicted octanol–water partition coefficient (Wildman–Crippen LogP) is 10.1. The number of para-hydroxylation sites is 1. The Balaban J connectivity index is 1.43. The van der Waals surface area contributed by atoms with E-state index in [4.69, 9.17) is 32.4 Å². The molecule has 0 saturated carbocycles. The van der Waals surface area contributed by atoms with E-state index in [0.717, 1.165) is 48.3 Å². The first kappa shape index (κ1) is 27.1. The number of benzene rings is 3.